The van der Waals surface area contributed by atoms with E-state index in [-0.39, 0.29) is 107 Å². The van der Waals surface area contributed by atoms with E-state index in [1.165, 1.54) is 7.11 Å². The highest BCUT2D eigenvalue weighted by Gasteiger charge is 2.53. The Kier molecular flexibility index (Phi) is 28.0. The SMILES string of the molecule is CO[C@@H]1C[C@H](C[C@@H](C)[C@@H]2CC(=O)[C@H](C)/C=C(\C)[C@@H](O)[C@@H](OC)C(=O)[C@H](C)C[C@H](C)/C=C/C=C/C=C(\C)[C@H](OCCOCCOCC(F)(F)F)C[C@@H]3CC[C@@H](C)[C@@](O)(O3)C(=O)C(=O)N3CCCC[C@H]3C(=O)O2)CC[C@H]1OCCO. The van der Waals surface area contributed by atoms with Crippen LogP contribution in [0, 0.1) is 35.5 Å². The topological polar surface area (TPSA) is 223 Å². The maximum absolute atomic E-state index is 14.6. The second-order valence-electron chi connectivity index (χ2n) is 22.1. The summed E-state index contributed by atoms with van der Waals surface area (Å²) in [5.74, 6) is -8.80. The second kappa shape index (κ2) is 32.7. The molecule has 1 aliphatic carbocycles. The molecule has 3 heterocycles. The van der Waals surface area contributed by atoms with Gasteiger partial charge in [0.15, 0.2) is 5.78 Å². The van der Waals surface area contributed by atoms with Crippen LogP contribution in [0.4, 0.5) is 13.2 Å². The first-order valence-corrected chi connectivity index (χ1v) is 28.0. The first-order chi connectivity index (χ1) is 36.9. The minimum Gasteiger partial charge on any atom is -0.460 e. The van der Waals surface area contributed by atoms with Gasteiger partial charge in [0.2, 0.25) is 5.79 Å². The van der Waals surface area contributed by atoms with Crippen molar-refractivity contribution in [3.8, 4) is 0 Å². The number of piperidine rings is 1. The summed E-state index contributed by atoms with van der Waals surface area (Å²) in [6.45, 7) is 10.7. The van der Waals surface area contributed by atoms with Gasteiger partial charge in [0.05, 0.1) is 64.1 Å². The fourth-order valence-electron chi connectivity index (χ4n) is 11.1. The van der Waals surface area contributed by atoms with E-state index in [1.807, 2.05) is 39.0 Å². The Labute approximate surface area is 459 Å². The average molecular weight is 1110 g/mol. The first kappa shape index (κ1) is 66.8. The smallest absolute Gasteiger partial charge is 0.411 e. The van der Waals surface area contributed by atoms with Crippen molar-refractivity contribution in [1.82, 2.24) is 4.90 Å². The first-order valence-electron chi connectivity index (χ1n) is 28.0. The number of cyclic esters (lactones) is 1. The molecule has 0 spiro atoms. The van der Waals surface area contributed by atoms with E-state index in [2.05, 4.69) is 4.74 Å². The van der Waals surface area contributed by atoms with Crippen molar-refractivity contribution >= 4 is 29.2 Å². The third kappa shape index (κ3) is 20.4. The largest absolute Gasteiger partial charge is 0.460 e. The monoisotopic (exact) mass is 1110 g/mol. The zero-order valence-electron chi connectivity index (χ0n) is 47.4. The molecule has 0 radical (unpaired) electrons. The van der Waals surface area contributed by atoms with Crippen LogP contribution in [0.2, 0.25) is 0 Å². The van der Waals surface area contributed by atoms with E-state index in [0.29, 0.717) is 56.9 Å². The van der Waals surface area contributed by atoms with Crippen molar-refractivity contribution in [2.45, 2.75) is 186 Å². The maximum Gasteiger partial charge on any atom is 0.411 e. The lowest BCUT2D eigenvalue weighted by molar-refractivity contribution is -0.266. The van der Waals surface area contributed by atoms with Crippen molar-refractivity contribution in [1.29, 1.82) is 0 Å². The number of halogens is 3. The Morgan fingerprint density at radius 3 is 2.23 bits per heavy atom. The molecule has 0 unspecified atom stereocenters. The third-order valence-corrected chi connectivity index (χ3v) is 15.8. The van der Waals surface area contributed by atoms with Gasteiger partial charge in [-0.1, -0.05) is 71.1 Å². The molecular formula is C58H90F3NO16. The highest BCUT2D eigenvalue weighted by molar-refractivity contribution is 6.39. The van der Waals surface area contributed by atoms with Crippen LogP contribution >= 0.6 is 0 Å². The van der Waals surface area contributed by atoms with Crippen LogP contribution in [0.3, 0.4) is 0 Å². The number of amides is 1. The number of ether oxygens (including phenoxy) is 8. The van der Waals surface area contributed by atoms with E-state index in [9.17, 15) is 52.5 Å². The van der Waals surface area contributed by atoms with Gasteiger partial charge in [-0.25, -0.2) is 4.79 Å². The van der Waals surface area contributed by atoms with Gasteiger partial charge >= 0.3 is 12.1 Å². The quantitative estimate of drug-likeness (QED) is 0.0604. The molecule has 444 valence electrons. The van der Waals surface area contributed by atoms with Crippen molar-refractivity contribution in [2.75, 3.05) is 67.0 Å². The molecule has 4 aliphatic rings. The van der Waals surface area contributed by atoms with Crippen LogP contribution < -0.4 is 0 Å². The predicted octanol–water partition coefficient (Wildman–Crippen LogP) is 7.16. The number of carbonyl (C=O) groups is 5. The number of Topliss-reactive ketones (excluding diaryl/α,β-unsaturated/α-hetero) is 3. The number of aliphatic hydroxyl groups excluding tert-OH is 2. The standard InChI is InChI=1S/C58H90F3NO16/c1-36-15-11-10-12-16-37(2)48(76-28-27-73-25-26-74-35-57(59,60)61)33-44-20-18-42(7)58(70,78-44)54(67)55(68)62-22-14-13-17-45(62)56(69)77-49(39(4)31-43-19-21-47(75-24-23-63)50(32-43)71-8)34-46(64)38(3)30-41(6)52(66)53(72-9)51(65)40(5)29-36/h10-12,15-16,30,36,38-40,42-45,47-50,52-53,63,66,70H,13-14,17-29,31-35H2,1-9H3/b12-10+,15-11+,37-16+,41-30+/t36-,38-,39-,40-,42-,43+,44+,45+,47-,48-,49+,50-,52-,53+,58-/m1/s1. The maximum atomic E-state index is 14.6. The fourth-order valence-corrected chi connectivity index (χ4v) is 11.1. The molecule has 3 N–H and O–H groups in total. The Balaban J connectivity index is 1.68. The van der Waals surface area contributed by atoms with E-state index in [0.717, 1.165) is 16.9 Å². The third-order valence-electron chi connectivity index (χ3n) is 15.8. The van der Waals surface area contributed by atoms with Crippen LogP contribution in [0.25, 0.3) is 0 Å². The van der Waals surface area contributed by atoms with Gasteiger partial charge in [-0.3, -0.25) is 19.2 Å². The van der Waals surface area contributed by atoms with Crippen molar-refractivity contribution < 1.29 is 90.4 Å². The lowest BCUT2D eigenvalue weighted by Gasteiger charge is -2.43. The molecule has 1 amide bonds. The van der Waals surface area contributed by atoms with Gasteiger partial charge in [-0.15, -0.1) is 0 Å². The van der Waals surface area contributed by atoms with Crippen LogP contribution in [0.5, 0.6) is 0 Å². The zero-order valence-corrected chi connectivity index (χ0v) is 47.4. The fraction of sp³-hybridized carbons (Fsp3) is 0.776. The normalized spacial score (nSPS) is 35.9. The zero-order chi connectivity index (χ0) is 57.7. The molecule has 0 aromatic carbocycles. The van der Waals surface area contributed by atoms with Gasteiger partial charge in [-0.05, 0) is 107 Å². The Morgan fingerprint density at radius 2 is 1.54 bits per heavy atom. The number of alkyl halides is 3. The van der Waals surface area contributed by atoms with Gasteiger partial charge in [-0.2, -0.15) is 13.2 Å². The molecule has 1 saturated carbocycles. The lowest BCUT2D eigenvalue weighted by Crippen LogP contribution is -2.61. The number of hydrogen-bond donors (Lipinski definition) is 3. The average Bonchev–Trinajstić information content (AvgIpc) is 3.43. The second-order valence-corrected chi connectivity index (χ2v) is 22.1. The number of rotatable bonds is 16. The molecule has 0 aromatic rings. The number of fused-ring (bicyclic) bond motifs is 3. The molecule has 17 nitrogen and oxygen atoms in total. The highest BCUT2D eigenvalue weighted by atomic mass is 19.4. The molecule has 15 atom stereocenters. The minimum atomic E-state index is -4.46. The number of ketones is 3. The number of allylic oxidation sites excluding steroid dienone is 6. The summed E-state index contributed by atoms with van der Waals surface area (Å²) >= 11 is 0. The number of methoxy groups -OCH3 is 2. The number of esters is 1. The van der Waals surface area contributed by atoms with Gasteiger partial charge in [0.1, 0.15) is 36.7 Å². The molecule has 4 rings (SSSR count). The van der Waals surface area contributed by atoms with E-state index in [1.54, 1.807) is 53.0 Å². The molecule has 3 aliphatic heterocycles. The van der Waals surface area contributed by atoms with E-state index >= 15 is 0 Å². The summed E-state index contributed by atoms with van der Waals surface area (Å²) in [5, 5.41) is 33.1. The van der Waals surface area contributed by atoms with Crippen LogP contribution in [0.15, 0.2) is 47.6 Å². The molecule has 3 fully saturated rings. The summed E-state index contributed by atoms with van der Waals surface area (Å²) in [6.07, 6.45) is 5.60. The Hall–Kier alpha value is -3.70. The molecule has 78 heavy (non-hydrogen) atoms. The lowest BCUT2D eigenvalue weighted by atomic mass is 9.78. The summed E-state index contributed by atoms with van der Waals surface area (Å²) in [6, 6.07) is -1.22. The van der Waals surface area contributed by atoms with Gasteiger partial charge in [0, 0.05) is 51.4 Å². The van der Waals surface area contributed by atoms with Crippen molar-refractivity contribution in [3.63, 3.8) is 0 Å². The van der Waals surface area contributed by atoms with Crippen molar-refractivity contribution in [3.05, 3.63) is 47.6 Å². The van der Waals surface area contributed by atoms with E-state index < -0.39 is 90.5 Å². The van der Waals surface area contributed by atoms with Crippen LogP contribution in [0.1, 0.15) is 126 Å². The Morgan fingerprint density at radius 1 is 0.821 bits per heavy atom. The summed E-state index contributed by atoms with van der Waals surface area (Å²) < 4.78 is 83.7. The number of hydrogen-bond acceptors (Lipinski definition) is 16. The van der Waals surface area contributed by atoms with Crippen LogP contribution in [-0.2, 0) is 61.9 Å². The summed E-state index contributed by atoms with van der Waals surface area (Å²) in [4.78, 5) is 72.8. The summed E-state index contributed by atoms with van der Waals surface area (Å²) in [7, 11) is 2.96. The molecule has 0 aromatic heterocycles. The van der Waals surface area contributed by atoms with Crippen molar-refractivity contribution in [2.24, 2.45) is 35.5 Å². The summed E-state index contributed by atoms with van der Waals surface area (Å²) in [5.41, 5.74) is 1.07. The van der Waals surface area contributed by atoms with Crippen LogP contribution in [-0.4, -0.2) is 177 Å². The molecular weight excluding hydrogens is 1020 g/mol. The van der Waals surface area contributed by atoms with E-state index in [4.69, 9.17) is 33.2 Å². The highest BCUT2D eigenvalue weighted by Crippen LogP contribution is 2.38. The number of nitrogens with zero attached hydrogens (tertiary/aromatic N) is 1. The Bertz CT molecular complexity index is 2050. The minimum absolute atomic E-state index is 0.0165. The molecule has 2 saturated heterocycles. The predicted molar refractivity (Wildman–Crippen MR) is 283 cm³/mol. The number of aliphatic hydroxyl groups is 3. The number of carbonyl (C=O) groups excluding carboxylic acids is 5. The molecule has 2 bridgehead atoms. The molecule has 20 heteroatoms. The van der Waals surface area contributed by atoms with Gasteiger partial charge < -0.3 is 58.1 Å². The van der Waals surface area contributed by atoms with Gasteiger partial charge in [0.25, 0.3) is 11.7 Å².